The summed E-state index contributed by atoms with van der Waals surface area (Å²) in [6.07, 6.45) is 12.1. The van der Waals surface area contributed by atoms with E-state index in [-0.39, 0.29) is 138 Å². The molecule has 6 aliphatic heterocycles. The van der Waals surface area contributed by atoms with Gasteiger partial charge in [0.2, 0.25) is 17.6 Å². The number of hydrogen-bond acceptors (Lipinski definition) is 20. The lowest BCUT2D eigenvalue weighted by Crippen LogP contribution is -2.57. The van der Waals surface area contributed by atoms with Gasteiger partial charge in [0.25, 0.3) is 11.8 Å². The second-order valence-corrected chi connectivity index (χ2v) is 23.3. The lowest BCUT2D eigenvalue weighted by Gasteiger charge is -2.42. The van der Waals surface area contributed by atoms with Crippen molar-refractivity contribution in [2.45, 2.75) is 147 Å². The first kappa shape index (κ1) is 69.3. The highest BCUT2D eigenvalue weighted by molar-refractivity contribution is 6.07. The number of imidazole rings is 2. The Labute approximate surface area is 544 Å². The van der Waals surface area contributed by atoms with E-state index in [2.05, 4.69) is 33.8 Å². The minimum atomic E-state index is -1.21. The molecule has 6 aliphatic rings. The van der Waals surface area contributed by atoms with E-state index >= 15 is 0 Å². The molecule has 94 heavy (non-hydrogen) atoms. The van der Waals surface area contributed by atoms with Crippen molar-refractivity contribution in [3.63, 3.8) is 0 Å². The van der Waals surface area contributed by atoms with Crippen LogP contribution in [0.2, 0.25) is 0 Å². The first-order valence-corrected chi connectivity index (χ1v) is 31.8. The molecule has 0 saturated carbocycles. The van der Waals surface area contributed by atoms with Gasteiger partial charge in [-0.1, -0.05) is 25.3 Å². The lowest BCUT2D eigenvalue weighted by molar-refractivity contribution is -0.199. The Morgan fingerprint density at radius 3 is 1.40 bits per heavy atom. The van der Waals surface area contributed by atoms with Crippen LogP contribution in [0.5, 0.6) is 23.0 Å². The van der Waals surface area contributed by atoms with Crippen molar-refractivity contribution in [2.75, 3.05) is 87.4 Å². The molecular weight excluding hydrogens is 1220 g/mol. The van der Waals surface area contributed by atoms with Gasteiger partial charge in [0.05, 0.1) is 62.0 Å². The fourth-order valence-electron chi connectivity index (χ4n) is 12.2. The van der Waals surface area contributed by atoms with Gasteiger partial charge in [-0.15, -0.1) is 0 Å². The average Bonchev–Trinajstić information content (AvgIpc) is 1.62. The largest absolute Gasteiger partial charge is 0.493 e. The number of fused-ring (bicyclic) bond motifs is 4. The number of aromatic nitrogens is 4. The van der Waals surface area contributed by atoms with Crippen molar-refractivity contribution in [2.24, 2.45) is 14.1 Å². The predicted octanol–water partition coefficient (Wildman–Crippen LogP) is 8.37. The third-order valence-electron chi connectivity index (χ3n) is 16.6. The summed E-state index contributed by atoms with van der Waals surface area (Å²) in [5, 5.41) is 14.5. The van der Waals surface area contributed by atoms with Gasteiger partial charge in [0.15, 0.2) is 71.3 Å². The number of aromatic carboxylic acids is 1. The van der Waals surface area contributed by atoms with Crippen molar-refractivity contribution in [3.8, 4) is 23.0 Å². The SMILES string of the molecule is C=CCOC(=O)N1c2cc(OCCCC(=O)Nc3cn(C)c(C(=O)O)n3)c(OC)cc2C(=O)N2CCCC[C@H]2C1OC1CCCCO1.C=CCOC(=O)N1c2cc(OCCCC(=O)Nc3cn(C)c(C(C)=O)n3)c(OC)cc2C(=O)N2CCCC[C@H]2C1OC1CCCCO1. The monoisotopic (exact) mass is 1310 g/mol. The second kappa shape index (κ2) is 32.7. The number of rotatable bonds is 24. The smallest absolute Gasteiger partial charge is 0.416 e. The summed E-state index contributed by atoms with van der Waals surface area (Å²) in [7, 11) is 6.12. The first-order chi connectivity index (χ1) is 45.4. The molecular formula is C65H84N10O19. The Morgan fingerprint density at radius 2 is 1.03 bits per heavy atom. The maximum absolute atomic E-state index is 14.1. The molecule has 6 amide bonds. The number of amides is 6. The summed E-state index contributed by atoms with van der Waals surface area (Å²) in [6.45, 7) is 11.0. The van der Waals surface area contributed by atoms with Gasteiger partial charge in [0, 0.05) is 84.7 Å². The molecule has 0 radical (unpaired) electrons. The van der Waals surface area contributed by atoms with E-state index in [4.69, 9.17) is 47.4 Å². The van der Waals surface area contributed by atoms with Crippen molar-refractivity contribution in [1.29, 1.82) is 0 Å². The van der Waals surface area contributed by atoms with Crippen LogP contribution in [0.15, 0.2) is 62.0 Å². The summed E-state index contributed by atoms with van der Waals surface area (Å²) in [6, 6.07) is 5.43. The summed E-state index contributed by atoms with van der Waals surface area (Å²) < 4.78 is 62.2. The minimum absolute atomic E-state index is 0.0320. The van der Waals surface area contributed by atoms with E-state index in [0.29, 0.717) is 64.2 Å². The molecule has 0 aliphatic carbocycles. The standard InChI is InChI=1S/C33H43N5O9.C32H41N5O10/c1-5-15-46-33(42)38-24-19-26(44-17-10-12-28(40)34-27-20-36(3)30(35-27)21(2)39)25(43-4)18-22(24)31(41)37-14-8-6-11-23(37)32(38)47-29-13-7-9-16-45-29;1-4-14-46-32(42)37-22-18-24(44-16-9-11-26(38)33-25-19-35(2)28(34-25)31(40)41)23(43-3)17-20(22)29(39)36-13-7-5-10-21(36)30(37)47-27-12-6-8-15-45-27/h5,18-20,23,29,32H,1,6-17H2,2-4H3,(H,34,40);4,17-19,21,27,30H,1,5-16H2,2-3H3,(H,33,38)(H,40,41)/t23-,29?,32?;21-,27?,30?/m00/s1. The number of benzene rings is 2. The number of ether oxygens (including phenoxy) is 10. The average molecular weight is 1310 g/mol. The lowest BCUT2D eigenvalue weighted by atomic mass is 10.00. The predicted molar refractivity (Wildman–Crippen MR) is 338 cm³/mol. The number of carboxylic acids is 1. The van der Waals surface area contributed by atoms with Gasteiger partial charge < -0.3 is 82.0 Å². The molecule has 508 valence electrons. The number of anilines is 4. The minimum Gasteiger partial charge on any atom is -0.493 e. The molecule has 29 nitrogen and oxygen atoms in total. The normalized spacial score (nSPS) is 20.8. The van der Waals surface area contributed by atoms with Gasteiger partial charge in [0.1, 0.15) is 13.2 Å². The Hall–Kier alpha value is -9.06. The topological polar surface area (TPSA) is 322 Å². The third kappa shape index (κ3) is 16.6. The fraction of sp³-hybridized carbons (Fsp3) is 0.538. The van der Waals surface area contributed by atoms with Gasteiger partial charge in [-0.05, 0) is 102 Å². The number of piperidine rings is 2. The number of nitrogens with zero attached hydrogens (tertiary/aromatic N) is 8. The molecule has 2 aromatic carbocycles. The van der Waals surface area contributed by atoms with E-state index in [9.17, 15) is 43.5 Å². The van der Waals surface area contributed by atoms with Gasteiger partial charge >= 0.3 is 18.2 Å². The molecule has 8 heterocycles. The molecule has 4 unspecified atom stereocenters. The molecule has 6 atom stereocenters. The number of Topliss-reactive ketones (excluding diaryl/α,β-unsaturated/α-hetero) is 1. The summed E-state index contributed by atoms with van der Waals surface area (Å²) in [4.78, 5) is 118. The quantitative estimate of drug-likeness (QED) is 0.0337. The van der Waals surface area contributed by atoms with Crippen molar-refractivity contribution < 1.29 is 90.8 Å². The molecule has 0 bridgehead atoms. The van der Waals surface area contributed by atoms with Crippen LogP contribution in [-0.4, -0.2) is 186 Å². The highest BCUT2D eigenvalue weighted by Crippen LogP contribution is 2.45. The summed E-state index contributed by atoms with van der Waals surface area (Å²) in [5.74, 6) is -1.01. The van der Waals surface area contributed by atoms with Gasteiger partial charge in [-0.25, -0.2) is 34.2 Å². The summed E-state index contributed by atoms with van der Waals surface area (Å²) in [5.41, 5.74) is 1.01. The molecule has 4 fully saturated rings. The highest BCUT2D eigenvalue weighted by atomic mass is 16.7. The number of methoxy groups -OCH3 is 2. The molecule has 0 spiro atoms. The van der Waals surface area contributed by atoms with E-state index in [1.165, 1.54) is 60.9 Å². The number of hydrogen-bond donors (Lipinski definition) is 3. The zero-order valence-electron chi connectivity index (χ0n) is 53.8. The Kier molecular flexibility index (Phi) is 24.1. The van der Waals surface area contributed by atoms with E-state index in [0.717, 1.165) is 51.4 Å². The molecule has 29 heteroatoms. The van der Waals surface area contributed by atoms with Crippen LogP contribution in [-0.2, 0) is 52.1 Å². The van der Waals surface area contributed by atoms with Crippen LogP contribution in [0, 0.1) is 0 Å². The van der Waals surface area contributed by atoms with Crippen LogP contribution in [0.3, 0.4) is 0 Å². The zero-order valence-corrected chi connectivity index (χ0v) is 53.8. The maximum atomic E-state index is 14.1. The Morgan fingerprint density at radius 1 is 0.606 bits per heavy atom. The van der Waals surface area contributed by atoms with Crippen molar-refractivity contribution >= 4 is 70.6 Å². The third-order valence-corrected chi connectivity index (χ3v) is 16.6. The van der Waals surface area contributed by atoms with E-state index in [1.807, 2.05) is 0 Å². The molecule has 4 saturated heterocycles. The van der Waals surface area contributed by atoms with Crippen LogP contribution >= 0.6 is 0 Å². The number of ketones is 1. The second-order valence-electron chi connectivity index (χ2n) is 23.3. The van der Waals surface area contributed by atoms with Crippen molar-refractivity contribution in [3.05, 3.63) is 84.7 Å². The number of nitrogens with one attached hydrogen (secondary N) is 2. The Balaban J connectivity index is 0.000000221. The number of carboxylic acid groups (broad SMARTS) is 1. The van der Waals surface area contributed by atoms with Crippen LogP contribution < -0.4 is 39.4 Å². The molecule has 4 aromatic rings. The fourth-order valence-corrected chi connectivity index (χ4v) is 12.2. The molecule has 3 N–H and O–H groups in total. The van der Waals surface area contributed by atoms with Crippen LogP contribution in [0.25, 0.3) is 0 Å². The van der Waals surface area contributed by atoms with E-state index in [1.54, 1.807) is 51.9 Å². The molecule has 2 aromatic heterocycles. The zero-order chi connectivity index (χ0) is 67.0. The first-order valence-electron chi connectivity index (χ1n) is 31.8. The highest BCUT2D eigenvalue weighted by Gasteiger charge is 2.49. The van der Waals surface area contributed by atoms with Crippen LogP contribution in [0.1, 0.15) is 152 Å². The van der Waals surface area contributed by atoms with Gasteiger partial charge in [-0.3, -0.25) is 24.0 Å². The number of aryl methyl sites for hydroxylation is 2. The van der Waals surface area contributed by atoms with Crippen LogP contribution in [0.4, 0.5) is 32.6 Å². The van der Waals surface area contributed by atoms with Crippen molar-refractivity contribution in [1.82, 2.24) is 28.9 Å². The maximum Gasteiger partial charge on any atom is 0.416 e. The molecule has 10 rings (SSSR count). The van der Waals surface area contributed by atoms with E-state index < -0.39 is 55.3 Å². The number of carbonyl (C=O) groups excluding carboxylic acids is 7. The Bertz CT molecular complexity index is 3190. The van der Waals surface area contributed by atoms with Gasteiger partial charge in [-0.2, -0.15) is 0 Å². The summed E-state index contributed by atoms with van der Waals surface area (Å²) >= 11 is 0. The number of carbonyl (C=O) groups is 8.